The van der Waals surface area contributed by atoms with Gasteiger partial charge in [-0.3, -0.25) is 0 Å². The van der Waals surface area contributed by atoms with Crippen LogP contribution in [-0.4, -0.2) is 0 Å². The number of anilines is 12. The lowest BCUT2D eigenvalue weighted by atomic mass is 10.0. The summed E-state index contributed by atoms with van der Waals surface area (Å²) in [6.07, 6.45) is 0. The van der Waals surface area contributed by atoms with Gasteiger partial charge in [-0.15, -0.1) is 0 Å². The van der Waals surface area contributed by atoms with Crippen molar-refractivity contribution in [2.75, 3.05) is 68.8 Å². The highest BCUT2D eigenvalue weighted by Crippen LogP contribution is 2.26. The Labute approximate surface area is 361 Å². The molecule has 0 saturated heterocycles. The van der Waals surface area contributed by atoms with Gasteiger partial charge in [-0.25, -0.2) is 0 Å². The quantitative estimate of drug-likeness (QED) is 0.0691. The first-order valence-corrected chi connectivity index (χ1v) is 19.4. The second kappa shape index (κ2) is 23.5. The molecule has 7 aromatic carbocycles. The fourth-order valence-electron chi connectivity index (χ4n) is 5.28. The van der Waals surface area contributed by atoms with E-state index in [0.717, 1.165) is 84.4 Å². The largest absolute Gasteiger partial charge is 0.399 e. The minimum absolute atomic E-state index is 0.653. The summed E-state index contributed by atoms with van der Waals surface area (Å²) >= 11 is 0. The molecule has 0 unspecified atom stereocenters. The molecule has 0 bridgehead atoms. The van der Waals surface area contributed by atoms with Gasteiger partial charge < -0.3 is 68.8 Å². The second-order valence-electron chi connectivity index (χ2n) is 14.7. The molecule has 0 aliphatic heterocycles. The Hall–Kier alpha value is -7.86. The van der Waals surface area contributed by atoms with Gasteiger partial charge in [-0.2, -0.15) is 0 Å². The molecule has 0 aliphatic rings. The Morgan fingerprint density at radius 3 is 1.11 bits per heavy atom. The van der Waals surface area contributed by atoms with Crippen molar-refractivity contribution in [1.29, 1.82) is 0 Å². The van der Waals surface area contributed by atoms with E-state index >= 15 is 0 Å². The Morgan fingerprint density at radius 2 is 0.738 bits per heavy atom. The van der Waals surface area contributed by atoms with E-state index in [-0.39, 0.29) is 0 Å². The lowest BCUT2D eigenvalue weighted by molar-refractivity contribution is 1.44. The smallest absolute Gasteiger partial charge is 0.0577 e. The molecule has 322 valence electrons. The summed E-state index contributed by atoms with van der Waals surface area (Å²) in [5.74, 6) is 0. The molecular weight excluding hydrogens is 757 g/mol. The number of hydrogen-bond donors (Lipinski definition) is 12. The molecule has 0 amide bonds. The molecule has 7 aromatic rings. The summed E-state index contributed by atoms with van der Waals surface area (Å²) in [5.41, 5.74) is 85.3. The number of rotatable bonds is 1. The second-order valence-corrected chi connectivity index (χ2v) is 14.7. The zero-order valence-electron chi connectivity index (χ0n) is 36.6. The van der Waals surface area contributed by atoms with Crippen LogP contribution in [0.15, 0.2) is 127 Å². The standard InChI is InChI=1S/C14H16N2.5C7H10N2/c1-9-7-11(3-5-13(9)15)12-4-6-14(16)10(2)8-12;1-5-2-6(8)4-7(9)3-5;1-5-2-3-6(8)4-7(5)9;1-5-2-3-6(8)7(9)4-5;1-5-6(8)3-2-4-7(5)9;1-5-3-2-4-6(8)7(5)9/h3-8H,15-16H2,1-2H3;5*2-4H,8-9H2,1H3. The highest BCUT2D eigenvalue weighted by atomic mass is 14.7. The van der Waals surface area contributed by atoms with E-state index < -0.39 is 0 Å². The first kappa shape index (κ1) is 49.3. The van der Waals surface area contributed by atoms with Crippen LogP contribution in [0.4, 0.5) is 68.2 Å². The summed E-state index contributed by atoms with van der Waals surface area (Å²) < 4.78 is 0. The highest BCUT2D eigenvalue weighted by Gasteiger charge is 2.02. The summed E-state index contributed by atoms with van der Waals surface area (Å²) in [6.45, 7) is 13.8. The SMILES string of the molecule is Cc1c(N)cccc1N.Cc1cc(-c2ccc(N)c(C)c2)ccc1N.Cc1cc(N)cc(N)c1.Cc1ccc(N)c(N)c1.Cc1ccc(N)cc1N.Cc1cccc(N)c1N. The molecule has 0 heterocycles. The lowest BCUT2D eigenvalue weighted by Gasteiger charge is -2.07. The molecule has 12 heteroatoms. The number of hydrogen-bond acceptors (Lipinski definition) is 12. The maximum absolute atomic E-state index is 5.80. The van der Waals surface area contributed by atoms with Crippen molar-refractivity contribution in [2.45, 2.75) is 48.5 Å². The molecule has 0 spiro atoms. The van der Waals surface area contributed by atoms with Crippen molar-refractivity contribution in [3.63, 3.8) is 0 Å². The van der Waals surface area contributed by atoms with Crippen LogP contribution in [0, 0.1) is 48.5 Å². The fourth-order valence-corrected chi connectivity index (χ4v) is 5.28. The van der Waals surface area contributed by atoms with E-state index in [1.165, 1.54) is 11.1 Å². The van der Waals surface area contributed by atoms with E-state index in [1.54, 1.807) is 18.2 Å². The maximum atomic E-state index is 5.80. The molecule has 0 radical (unpaired) electrons. The molecule has 0 saturated carbocycles. The molecule has 0 aliphatic carbocycles. The van der Waals surface area contributed by atoms with Crippen molar-refractivity contribution in [3.05, 3.63) is 166 Å². The highest BCUT2D eigenvalue weighted by molar-refractivity contribution is 5.71. The fraction of sp³-hybridized carbons (Fsp3) is 0.143. The first-order chi connectivity index (χ1) is 28.6. The number of aryl methyl sites for hydroxylation is 6. The van der Waals surface area contributed by atoms with Crippen molar-refractivity contribution in [1.82, 2.24) is 0 Å². The van der Waals surface area contributed by atoms with Gasteiger partial charge in [-0.05, 0) is 183 Å². The first-order valence-electron chi connectivity index (χ1n) is 19.4. The Bertz CT molecular complexity index is 2260. The third-order valence-corrected chi connectivity index (χ3v) is 9.32. The van der Waals surface area contributed by atoms with Crippen molar-refractivity contribution < 1.29 is 0 Å². The van der Waals surface area contributed by atoms with Gasteiger partial charge in [0, 0.05) is 45.5 Å². The molecule has 61 heavy (non-hydrogen) atoms. The summed E-state index contributed by atoms with van der Waals surface area (Å²) in [4.78, 5) is 0. The molecule has 0 atom stereocenters. The number of para-hydroxylation sites is 1. The van der Waals surface area contributed by atoms with Crippen LogP contribution in [0.2, 0.25) is 0 Å². The molecule has 12 nitrogen and oxygen atoms in total. The van der Waals surface area contributed by atoms with Crippen LogP contribution in [0.1, 0.15) is 38.9 Å². The summed E-state index contributed by atoms with van der Waals surface area (Å²) in [7, 11) is 0. The average molecular weight is 823 g/mol. The normalized spacial score (nSPS) is 9.69. The van der Waals surface area contributed by atoms with Gasteiger partial charge >= 0.3 is 0 Å². The minimum Gasteiger partial charge on any atom is -0.399 e. The molecule has 24 N–H and O–H groups in total. The summed E-state index contributed by atoms with van der Waals surface area (Å²) in [6, 6.07) is 39.9. The van der Waals surface area contributed by atoms with E-state index in [2.05, 4.69) is 12.1 Å². The number of nitrogens with two attached hydrogens (primary N) is 12. The zero-order valence-corrected chi connectivity index (χ0v) is 36.6. The topological polar surface area (TPSA) is 312 Å². The van der Waals surface area contributed by atoms with E-state index in [0.29, 0.717) is 22.7 Å². The predicted molar refractivity (Wildman–Crippen MR) is 270 cm³/mol. The van der Waals surface area contributed by atoms with Gasteiger partial charge in [-0.1, -0.05) is 42.5 Å². The summed E-state index contributed by atoms with van der Waals surface area (Å²) in [5, 5.41) is 0. The van der Waals surface area contributed by atoms with Crippen molar-refractivity contribution in [2.24, 2.45) is 0 Å². The Balaban J connectivity index is 0.000000257. The monoisotopic (exact) mass is 823 g/mol. The Morgan fingerprint density at radius 1 is 0.262 bits per heavy atom. The van der Waals surface area contributed by atoms with E-state index in [9.17, 15) is 0 Å². The van der Waals surface area contributed by atoms with Crippen LogP contribution in [0.5, 0.6) is 0 Å². The van der Waals surface area contributed by atoms with Gasteiger partial charge in [0.2, 0.25) is 0 Å². The zero-order chi connectivity index (χ0) is 46.0. The third kappa shape index (κ3) is 16.9. The van der Waals surface area contributed by atoms with E-state index in [1.807, 2.05) is 146 Å². The minimum atomic E-state index is 0.653. The van der Waals surface area contributed by atoms with Crippen LogP contribution < -0.4 is 68.8 Å². The molecular formula is C49H66N12. The van der Waals surface area contributed by atoms with E-state index in [4.69, 9.17) is 68.8 Å². The van der Waals surface area contributed by atoms with Crippen LogP contribution in [-0.2, 0) is 0 Å². The van der Waals surface area contributed by atoms with Gasteiger partial charge in [0.25, 0.3) is 0 Å². The van der Waals surface area contributed by atoms with Crippen LogP contribution in [0.3, 0.4) is 0 Å². The number of nitrogen functional groups attached to an aromatic ring is 12. The molecule has 0 fully saturated rings. The lowest BCUT2D eigenvalue weighted by Crippen LogP contribution is -1.95. The molecule has 0 aromatic heterocycles. The van der Waals surface area contributed by atoms with Gasteiger partial charge in [0.15, 0.2) is 0 Å². The van der Waals surface area contributed by atoms with Crippen LogP contribution in [0.25, 0.3) is 11.1 Å². The third-order valence-electron chi connectivity index (χ3n) is 9.32. The molecule has 7 rings (SSSR count). The van der Waals surface area contributed by atoms with Gasteiger partial charge in [0.05, 0.1) is 22.7 Å². The van der Waals surface area contributed by atoms with Crippen molar-refractivity contribution >= 4 is 68.2 Å². The Kier molecular flexibility index (Phi) is 19.0. The van der Waals surface area contributed by atoms with Crippen LogP contribution >= 0.6 is 0 Å². The average Bonchev–Trinajstić information content (AvgIpc) is 3.19. The van der Waals surface area contributed by atoms with Crippen molar-refractivity contribution in [3.8, 4) is 11.1 Å². The maximum Gasteiger partial charge on any atom is 0.0577 e. The predicted octanol–water partition coefficient (Wildman–Crippen LogP) is 8.93. The van der Waals surface area contributed by atoms with Gasteiger partial charge in [0.1, 0.15) is 0 Å². The number of benzene rings is 7.